The fourth-order valence-corrected chi connectivity index (χ4v) is 2.44. The van der Waals surface area contributed by atoms with Gasteiger partial charge in [0.05, 0.1) is 35.2 Å². The van der Waals surface area contributed by atoms with E-state index in [1.165, 1.54) is 38.3 Å². The standard InChI is InChI=1S/C18H18N2O9/c1-4-27-17-10-15(20(24)25)14(9-16(17)26-3)11(2)28-18(21)29-13-7-5-12(6-8-13)19(22)23/h5-11H,4H2,1-3H3. The van der Waals surface area contributed by atoms with Gasteiger partial charge in [0.15, 0.2) is 11.5 Å². The summed E-state index contributed by atoms with van der Waals surface area (Å²) >= 11 is 0. The Bertz CT molecular complexity index is 912. The second-order valence-electron chi connectivity index (χ2n) is 5.62. The van der Waals surface area contributed by atoms with Crippen molar-refractivity contribution in [3.05, 3.63) is 62.2 Å². The zero-order valence-electron chi connectivity index (χ0n) is 15.8. The molecule has 0 radical (unpaired) electrons. The number of carbonyl (C=O) groups is 1. The quantitative estimate of drug-likeness (QED) is 0.273. The van der Waals surface area contributed by atoms with E-state index in [1.54, 1.807) is 6.92 Å². The van der Waals surface area contributed by atoms with Crippen LogP contribution in [0.1, 0.15) is 25.5 Å². The van der Waals surface area contributed by atoms with Crippen LogP contribution in [0.3, 0.4) is 0 Å². The summed E-state index contributed by atoms with van der Waals surface area (Å²) in [4.78, 5) is 32.9. The third-order valence-corrected chi connectivity index (χ3v) is 3.77. The first kappa shape index (κ1) is 21.4. The predicted molar refractivity (Wildman–Crippen MR) is 99.4 cm³/mol. The van der Waals surface area contributed by atoms with E-state index < -0.39 is 22.1 Å². The number of non-ortho nitro benzene ring substituents is 1. The van der Waals surface area contributed by atoms with Crippen LogP contribution >= 0.6 is 0 Å². The highest BCUT2D eigenvalue weighted by Gasteiger charge is 2.26. The minimum Gasteiger partial charge on any atom is -0.493 e. The van der Waals surface area contributed by atoms with Crippen LogP contribution in [0, 0.1) is 20.2 Å². The maximum Gasteiger partial charge on any atom is 0.514 e. The lowest BCUT2D eigenvalue weighted by Crippen LogP contribution is -2.14. The molecule has 1 atom stereocenters. The largest absolute Gasteiger partial charge is 0.514 e. The van der Waals surface area contributed by atoms with Crippen molar-refractivity contribution in [2.75, 3.05) is 13.7 Å². The number of methoxy groups -OCH3 is 1. The van der Waals surface area contributed by atoms with E-state index in [2.05, 4.69) is 0 Å². The molecule has 0 N–H and O–H groups in total. The Morgan fingerprint density at radius 2 is 1.72 bits per heavy atom. The average Bonchev–Trinajstić information content (AvgIpc) is 2.68. The van der Waals surface area contributed by atoms with Crippen molar-refractivity contribution in [3.8, 4) is 17.2 Å². The second kappa shape index (κ2) is 9.35. The minimum atomic E-state index is -1.13. The third kappa shape index (κ3) is 5.31. The van der Waals surface area contributed by atoms with Crippen molar-refractivity contribution >= 4 is 17.5 Å². The van der Waals surface area contributed by atoms with Gasteiger partial charge >= 0.3 is 6.16 Å². The molecule has 2 rings (SSSR count). The van der Waals surface area contributed by atoms with Gasteiger partial charge in [-0.1, -0.05) is 0 Å². The molecule has 0 aliphatic carbocycles. The number of rotatable bonds is 8. The molecule has 0 aromatic heterocycles. The number of nitro benzene ring substituents is 2. The fraction of sp³-hybridized carbons (Fsp3) is 0.278. The van der Waals surface area contributed by atoms with Gasteiger partial charge in [0, 0.05) is 12.1 Å². The molecular weight excluding hydrogens is 388 g/mol. The molecule has 0 spiro atoms. The Kier molecular flexibility index (Phi) is 6.90. The maximum absolute atomic E-state index is 12.0. The van der Waals surface area contributed by atoms with Crippen molar-refractivity contribution in [1.82, 2.24) is 0 Å². The van der Waals surface area contributed by atoms with Gasteiger partial charge in [-0.05, 0) is 32.0 Å². The monoisotopic (exact) mass is 406 g/mol. The topological polar surface area (TPSA) is 140 Å². The summed E-state index contributed by atoms with van der Waals surface area (Å²) < 4.78 is 20.6. The summed E-state index contributed by atoms with van der Waals surface area (Å²) in [6.45, 7) is 3.43. The van der Waals surface area contributed by atoms with Crippen LogP contribution in [-0.4, -0.2) is 29.7 Å². The van der Waals surface area contributed by atoms with Gasteiger partial charge in [0.2, 0.25) is 0 Å². The van der Waals surface area contributed by atoms with Gasteiger partial charge in [-0.3, -0.25) is 20.2 Å². The predicted octanol–water partition coefficient (Wildman–Crippen LogP) is 4.19. The number of hydrogen-bond donors (Lipinski definition) is 0. The molecule has 0 heterocycles. The van der Waals surface area contributed by atoms with E-state index in [9.17, 15) is 25.0 Å². The van der Waals surface area contributed by atoms with Gasteiger partial charge in [-0.15, -0.1) is 0 Å². The molecule has 29 heavy (non-hydrogen) atoms. The Balaban J connectivity index is 2.20. The Morgan fingerprint density at radius 3 is 2.24 bits per heavy atom. The number of carbonyl (C=O) groups excluding carboxylic acids is 1. The number of ether oxygens (including phenoxy) is 4. The summed E-state index contributed by atoms with van der Waals surface area (Å²) in [5.41, 5.74) is -0.406. The molecule has 1 unspecified atom stereocenters. The summed E-state index contributed by atoms with van der Waals surface area (Å²) in [7, 11) is 1.38. The molecule has 0 bridgehead atoms. The first-order chi connectivity index (χ1) is 13.8. The maximum atomic E-state index is 12.0. The van der Waals surface area contributed by atoms with Crippen LogP contribution < -0.4 is 14.2 Å². The van der Waals surface area contributed by atoms with Crippen LogP contribution in [0.5, 0.6) is 17.2 Å². The zero-order valence-corrected chi connectivity index (χ0v) is 15.8. The molecule has 0 fully saturated rings. The summed E-state index contributed by atoms with van der Waals surface area (Å²) in [6, 6.07) is 7.33. The summed E-state index contributed by atoms with van der Waals surface area (Å²) in [6.07, 6.45) is -2.18. The van der Waals surface area contributed by atoms with Crippen molar-refractivity contribution in [3.63, 3.8) is 0 Å². The minimum absolute atomic E-state index is 0.0200. The van der Waals surface area contributed by atoms with Crippen molar-refractivity contribution in [1.29, 1.82) is 0 Å². The number of hydrogen-bond acceptors (Lipinski definition) is 9. The highest BCUT2D eigenvalue weighted by atomic mass is 16.7. The Hall–Kier alpha value is -3.89. The summed E-state index contributed by atoms with van der Waals surface area (Å²) in [5, 5.41) is 22.1. The zero-order chi connectivity index (χ0) is 21.6. The first-order valence-corrected chi connectivity index (χ1v) is 8.38. The second-order valence-corrected chi connectivity index (χ2v) is 5.62. The third-order valence-electron chi connectivity index (χ3n) is 3.77. The lowest BCUT2D eigenvalue weighted by molar-refractivity contribution is -0.386. The fourth-order valence-electron chi connectivity index (χ4n) is 2.44. The Labute approximate surface area is 165 Å². The van der Waals surface area contributed by atoms with Crippen molar-refractivity contribution in [2.45, 2.75) is 20.0 Å². The Morgan fingerprint density at radius 1 is 1.07 bits per heavy atom. The highest BCUT2D eigenvalue weighted by Crippen LogP contribution is 2.38. The van der Waals surface area contributed by atoms with E-state index in [1.807, 2.05) is 0 Å². The van der Waals surface area contributed by atoms with Crippen LogP contribution in [-0.2, 0) is 4.74 Å². The molecule has 2 aromatic rings. The average molecular weight is 406 g/mol. The highest BCUT2D eigenvalue weighted by molar-refractivity contribution is 5.65. The smallest absolute Gasteiger partial charge is 0.493 e. The number of benzene rings is 2. The van der Waals surface area contributed by atoms with Crippen LogP contribution in [0.4, 0.5) is 16.2 Å². The molecule has 154 valence electrons. The van der Waals surface area contributed by atoms with Crippen molar-refractivity contribution in [2.24, 2.45) is 0 Å². The molecule has 11 heteroatoms. The lowest BCUT2D eigenvalue weighted by Gasteiger charge is -2.16. The molecular formula is C18H18N2O9. The molecule has 0 aliphatic rings. The van der Waals surface area contributed by atoms with E-state index in [0.29, 0.717) is 0 Å². The van der Waals surface area contributed by atoms with Gasteiger partial charge in [0.25, 0.3) is 11.4 Å². The van der Waals surface area contributed by atoms with Crippen LogP contribution in [0.15, 0.2) is 36.4 Å². The first-order valence-electron chi connectivity index (χ1n) is 8.38. The van der Waals surface area contributed by atoms with E-state index in [0.717, 1.165) is 12.1 Å². The number of nitrogens with zero attached hydrogens (tertiary/aromatic N) is 2. The normalized spacial score (nSPS) is 11.3. The van der Waals surface area contributed by atoms with E-state index in [-0.39, 0.29) is 40.8 Å². The van der Waals surface area contributed by atoms with Crippen LogP contribution in [0.2, 0.25) is 0 Å². The lowest BCUT2D eigenvalue weighted by atomic mass is 10.1. The van der Waals surface area contributed by atoms with E-state index in [4.69, 9.17) is 18.9 Å². The van der Waals surface area contributed by atoms with E-state index >= 15 is 0 Å². The molecule has 11 nitrogen and oxygen atoms in total. The molecule has 2 aromatic carbocycles. The van der Waals surface area contributed by atoms with Gasteiger partial charge in [0.1, 0.15) is 11.9 Å². The number of nitro groups is 2. The molecule has 0 aliphatic heterocycles. The molecule has 0 saturated carbocycles. The SMILES string of the molecule is CCOc1cc([N+](=O)[O-])c(C(C)OC(=O)Oc2ccc([N+](=O)[O-])cc2)cc1OC. The van der Waals surface area contributed by atoms with Gasteiger partial charge < -0.3 is 18.9 Å². The van der Waals surface area contributed by atoms with Crippen molar-refractivity contribution < 1.29 is 33.6 Å². The summed E-state index contributed by atoms with van der Waals surface area (Å²) in [5.74, 6) is 0.448. The molecule has 0 saturated heterocycles. The van der Waals surface area contributed by atoms with Crippen LogP contribution in [0.25, 0.3) is 0 Å². The van der Waals surface area contributed by atoms with Gasteiger partial charge in [-0.2, -0.15) is 0 Å². The molecule has 0 amide bonds. The van der Waals surface area contributed by atoms with Gasteiger partial charge in [-0.25, -0.2) is 4.79 Å².